The molecule has 0 unspecified atom stereocenters. The molecule has 106 valence electrons. The number of nitrogens with two attached hydrogens (primary N) is 1. The summed E-state index contributed by atoms with van der Waals surface area (Å²) in [6.45, 7) is 1.87. The minimum Gasteiger partial charge on any atom is -0.397 e. The van der Waals surface area contributed by atoms with Crippen LogP contribution in [-0.2, 0) is 10.0 Å². The number of aryl methyl sites for hydroxylation is 1. The van der Waals surface area contributed by atoms with Gasteiger partial charge in [0.2, 0.25) is 0 Å². The quantitative estimate of drug-likeness (QED) is 0.802. The van der Waals surface area contributed by atoms with Crippen LogP contribution in [0.25, 0.3) is 0 Å². The van der Waals surface area contributed by atoms with Crippen molar-refractivity contribution in [3.8, 4) is 0 Å². The third-order valence-corrected chi connectivity index (χ3v) is 4.87. The Labute approximate surface area is 131 Å². The molecule has 0 fully saturated rings. The minimum absolute atomic E-state index is 0.119. The Morgan fingerprint density at radius 1 is 1.20 bits per heavy atom. The number of nitrogens with one attached hydrogen (secondary N) is 1. The highest BCUT2D eigenvalue weighted by molar-refractivity contribution is 9.10. The van der Waals surface area contributed by atoms with E-state index < -0.39 is 10.0 Å². The first-order valence-corrected chi connectivity index (χ1v) is 8.29. The second-order valence-electron chi connectivity index (χ2n) is 4.27. The van der Waals surface area contributed by atoms with Crippen LogP contribution in [-0.4, -0.2) is 8.42 Å². The van der Waals surface area contributed by atoms with Gasteiger partial charge in [0.15, 0.2) is 0 Å². The lowest BCUT2D eigenvalue weighted by molar-refractivity contribution is 0.601. The fourth-order valence-electron chi connectivity index (χ4n) is 1.68. The fraction of sp³-hybridized carbons (Fsp3) is 0.0769. The summed E-state index contributed by atoms with van der Waals surface area (Å²) in [5.74, 6) is 0. The summed E-state index contributed by atoms with van der Waals surface area (Å²) in [6.07, 6.45) is 0. The lowest BCUT2D eigenvalue weighted by Gasteiger charge is -2.13. The van der Waals surface area contributed by atoms with Crippen LogP contribution in [0.4, 0.5) is 11.4 Å². The maximum atomic E-state index is 12.3. The lowest BCUT2D eigenvalue weighted by atomic mass is 10.2. The molecule has 20 heavy (non-hydrogen) atoms. The standard InChI is InChI=1S/C13H12BrClN2O2S/c1-8-6-11(14)13(12(16)7-8)17-20(18,19)10-4-2-9(15)3-5-10/h2-7,17H,16H2,1H3. The predicted octanol–water partition coefficient (Wildman–Crippen LogP) is 3.79. The Morgan fingerprint density at radius 3 is 2.35 bits per heavy atom. The second kappa shape index (κ2) is 5.63. The van der Waals surface area contributed by atoms with Gasteiger partial charge in [-0.25, -0.2) is 8.42 Å². The van der Waals surface area contributed by atoms with Crippen molar-refractivity contribution in [3.63, 3.8) is 0 Å². The van der Waals surface area contributed by atoms with E-state index in [1.807, 2.05) is 6.92 Å². The molecule has 2 aromatic rings. The highest BCUT2D eigenvalue weighted by Gasteiger charge is 2.17. The number of nitrogen functional groups attached to an aromatic ring is 1. The molecule has 0 aliphatic rings. The normalized spacial score (nSPS) is 11.3. The van der Waals surface area contributed by atoms with E-state index in [4.69, 9.17) is 17.3 Å². The molecule has 7 heteroatoms. The molecule has 4 nitrogen and oxygen atoms in total. The van der Waals surface area contributed by atoms with Gasteiger partial charge in [-0.2, -0.15) is 0 Å². The Morgan fingerprint density at radius 2 is 1.80 bits per heavy atom. The molecule has 2 rings (SSSR count). The van der Waals surface area contributed by atoms with Crippen LogP contribution in [0.3, 0.4) is 0 Å². The Bertz CT molecular complexity index is 722. The molecule has 0 amide bonds. The van der Waals surface area contributed by atoms with Gasteiger partial charge >= 0.3 is 0 Å². The fourth-order valence-corrected chi connectivity index (χ4v) is 3.74. The van der Waals surface area contributed by atoms with E-state index in [9.17, 15) is 8.42 Å². The summed E-state index contributed by atoms with van der Waals surface area (Å²) >= 11 is 9.05. The molecule has 0 radical (unpaired) electrons. The largest absolute Gasteiger partial charge is 0.397 e. The Balaban J connectivity index is 2.41. The zero-order valence-corrected chi connectivity index (χ0v) is 13.7. The van der Waals surface area contributed by atoms with Crippen LogP contribution in [0.1, 0.15) is 5.56 Å². The van der Waals surface area contributed by atoms with E-state index in [2.05, 4.69) is 20.7 Å². The van der Waals surface area contributed by atoms with Gasteiger partial charge in [0.1, 0.15) is 0 Å². The molecule has 0 aliphatic carbocycles. The smallest absolute Gasteiger partial charge is 0.261 e. The van der Waals surface area contributed by atoms with Crippen molar-refractivity contribution in [2.24, 2.45) is 0 Å². The molecule has 0 aliphatic heterocycles. The zero-order chi connectivity index (χ0) is 14.9. The second-order valence-corrected chi connectivity index (χ2v) is 7.24. The predicted molar refractivity (Wildman–Crippen MR) is 85.6 cm³/mol. The zero-order valence-electron chi connectivity index (χ0n) is 10.5. The summed E-state index contributed by atoms with van der Waals surface area (Å²) in [6, 6.07) is 9.39. The lowest BCUT2D eigenvalue weighted by Crippen LogP contribution is -2.14. The molecule has 0 heterocycles. The number of rotatable bonds is 3. The van der Waals surface area contributed by atoms with E-state index in [1.54, 1.807) is 12.1 Å². The third kappa shape index (κ3) is 3.26. The van der Waals surface area contributed by atoms with Crippen molar-refractivity contribution in [2.75, 3.05) is 10.5 Å². The molecule has 2 aromatic carbocycles. The molecule has 0 spiro atoms. The van der Waals surface area contributed by atoms with Crippen LogP contribution >= 0.6 is 27.5 Å². The molecule has 0 saturated carbocycles. The Kier molecular flexibility index (Phi) is 4.27. The highest BCUT2D eigenvalue weighted by atomic mass is 79.9. The molecular formula is C13H12BrClN2O2S. The average molecular weight is 376 g/mol. The van der Waals surface area contributed by atoms with Crippen molar-refractivity contribution in [2.45, 2.75) is 11.8 Å². The monoisotopic (exact) mass is 374 g/mol. The Hall–Kier alpha value is -1.24. The third-order valence-electron chi connectivity index (χ3n) is 2.63. The molecular weight excluding hydrogens is 364 g/mol. The number of hydrogen-bond donors (Lipinski definition) is 2. The maximum absolute atomic E-state index is 12.3. The van der Waals surface area contributed by atoms with Crippen LogP contribution in [0.2, 0.25) is 5.02 Å². The SMILES string of the molecule is Cc1cc(N)c(NS(=O)(=O)c2ccc(Cl)cc2)c(Br)c1. The van der Waals surface area contributed by atoms with Gasteiger partial charge in [-0.3, -0.25) is 4.72 Å². The van der Waals surface area contributed by atoms with Gasteiger partial charge in [-0.15, -0.1) is 0 Å². The summed E-state index contributed by atoms with van der Waals surface area (Å²) < 4.78 is 27.6. The van der Waals surface area contributed by atoms with Gasteiger partial charge < -0.3 is 5.73 Å². The molecule has 0 atom stereocenters. The summed E-state index contributed by atoms with van der Waals surface area (Å²) in [7, 11) is -3.71. The van der Waals surface area contributed by atoms with Gasteiger partial charge in [0.25, 0.3) is 10.0 Å². The number of anilines is 2. The highest BCUT2D eigenvalue weighted by Crippen LogP contribution is 2.32. The number of sulfonamides is 1. The van der Waals surface area contributed by atoms with E-state index >= 15 is 0 Å². The van der Waals surface area contributed by atoms with E-state index in [1.165, 1.54) is 24.3 Å². The van der Waals surface area contributed by atoms with Crippen LogP contribution in [0.15, 0.2) is 45.8 Å². The summed E-state index contributed by atoms with van der Waals surface area (Å²) in [4.78, 5) is 0.119. The molecule has 0 aromatic heterocycles. The number of hydrogen-bond acceptors (Lipinski definition) is 3. The van der Waals surface area contributed by atoms with Crippen molar-refractivity contribution in [1.29, 1.82) is 0 Å². The molecule has 3 N–H and O–H groups in total. The van der Waals surface area contributed by atoms with Crippen LogP contribution in [0, 0.1) is 6.92 Å². The van der Waals surface area contributed by atoms with Gasteiger partial charge in [0.05, 0.1) is 16.3 Å². The van der Waals surface area contributed by atoms with E-state index in [0.717, 1.165) is 5.56 Å². The van der Waals surface area contributed by atoms with Crippen LogP contribution in [0.5, 0.6) is 0 Å². The van der Waals surface area contributed by atoms with Crippen LogP contribution < -0.4 is 10.5 Å². The first kappa shape index (κ1) is 15.2. The van der Waals surface area contributed by atoms with Gasteiger partial charge in [0, 0.05) is 9.50 Å². The summed E-state index contributed by atoms with van der Waals surface area (Å²) in [5, 5.41) is 0.472. The first-order chi connectivity index (χ1) is 9.29. The minimum atomic E-state index is -3.71. The number of benzene rings is 2. The van der Waals surface area contributed by atoms with Crippen molar-refractivity contribution >= 4 is 48.9 Å². The van der Waals surface area contributed by atoms with Gasteiger partial charge in [-0.05, 0) is 64.8 Å². The van der Waals surface area contributed by atoms with Crippen molar-refractivity contribution in [3.05, 3.63) is 51.5 Å². The summed E-state index contributed by atoms with van der Waals surface area (Å²) in [5.41, 5.74) is 7.47. The average Bonchev–Trinajstić information content (AvgIpc) is 2.34. The topological polar surface area (TPSA) is 72.2 Å². The van der Waals surface area contributed by atoms with Gasteiger partial charge in [-0.1, -0.05) is 11.6 Å². The van der Waals surface area contributed by atoms with E-state index in [0.29, 0.717) is 20.9 Å². The molecule has 0 saturated heterocycles. The number of halogens is 2. The molecule has 0 bridgehead atoms. The van der Waals surface area contributed by atoms with Crippen molar-refractivity contribution < 1.29 is 8.42 Å². The van der Waals surface area contributed by atoms with Crippen molar-refractivity contribution in [1.82, 2.24) is 0 Å². The first-order valence-electron chi connectivity index (χ1n) is 5.63. The van der Waals surface area contributed by atoms with E-state index in [-0.39, 0.29) is 4.90 Å². The maximum Gasteiger partial charge on any atom is 0.261 e.